The average molecular weight is 488 g/mol. The lowest BCUT2D eigenvalue weighted by molar-refractivity contribution is -0.938. The summed E-state index contributed by atoms with van der Waals surface area (Å²) in [5, 5.41) is 16.9. The molecule has 3 aliphatic heterocycles. The first-order valence-electron chi connectivity index (χ1n) is 11.0. The fourth-order valence-electron chi connectivity index (χ4n) is 5.01. The Hall–Kier alpha value is -2.22. The molecule has 7 heteroatoms. The van der Waals surface area contributed by atoms with Gasteiger partial charge in [0.15, 0.2) is 17.2 Å². The number of phenolic OH excluding ortho intramolecular Hbond substituents is 1. The quantitative estimate of drug-likeness (QED) is 0.533. The first-order chi connectivity index (χ1) is 14.9. The number of hydrogen-bond donors (Lipinski definition) is 4. The van der Waals surface area contributed by atoms with Crippen molar-refractivity contribution in [2.24, 2.45) is 0 Å². The summed E-state index contributed by atoms with van der Waals surface area (Å²) in [6.45, 7) is 7.13. The second-order valence-corrected chi connectivity index (χ2v) is 10.1. The van der Waals surface area contributed by atoms with Gasteiger partial charge in [0.25, 0.3) is 0 Å². The number of likely N-dealkylation sites (tertiary alicyclic amines) is 1. The largest absolute Gasteiger partial charge is 0.507 e. The van der Waals surface area contributed by atoms with Gasteiger partial charge in [0, 0.05) is 21.8 Å². The molecular weight excluding hydrogens is 458 g/mol. The molecular formula is C24H30BrN3O3+2. The maximum absolute atomic E-state index is 10.6. The van der Waals surface area contributed by atoms with Gasteiger partial charge in [-0.1, -0.05) is 15.9 Å². The SMILES string of the molecule is CC(C)[NH+]1CCC2(CC1)NC(c1ccc3c(c1)OCO3)=CC(c1cc(Br)ccc1O)[NH2+]2. The van der Waals surface area contributed by atoms with E-state index in [1.165, 1.54) is 0 Å². The zero-order valence-corrected chi connectivity index (χ0v) is 19.5. The zero-order chi connectivity index (χ0) is 21.6. The Morgan fingerprint density at radius 1 is 1.13 bits per heavy atom. The van der Waals surface area contributed by atoms with Gasteiger partial charge in [0.1, 0.15) is 11.8 Å². The lowest BCUT2D eigenvalue weighted by Gasteiger charge is -2.44. The predicted molar refractivity (Wildman–Crippen MR) is 122 cm³/mol. The van der Waals surface area contributed by atoms with Crippen molar-refractivity contribution in [3.05, 3.63) is 58.1 Å². The van der Waals surface area contributed by atoms with Gasteiger partial charge in [-0.15, -0.1) is 0 Å². The number of piperidine rings is 1. The summed E-state index contributed by atoms with van der Waals surface area (Å²) in [5.74, 6) is 1.90. The van der Waals surface area contributed by atoms with Crippen LogP contribution in [0.5, 0.6) is 17.2 Å². The number of nitrogens with one attached hydrogen (secondary N) is 2. The van der Waals surface area contributed by atoms with Crippen LogP contribution in [0.4, 0.5) is 0 Å². The third kappa shape index (κ3) is 4.02. The van der Waals surface area contributed by atoms with E-state index in [4.69, 9.17) is 9.47 Å². The maximum atomic E-state index is 10.6. The van der Waals surface area contributed by atoms with Gasteiger partial charge in [-0.25, -0.2) is 0 Å². The third-order valence-corrected chi connectivity index (χ3v) is 7.35. The van der Waals surface area contributed by atoms with Crippen molar-refractivity contribution in [1.82, 2.24) is 5.32 Å². The monoisotopic (exact) mass is 487 g/mol. The van der Waals surface area contributed by atoms with Crippen LogP contribution in [-0.4, -0.2) is 36.7 Å². The fraction of sp³-hybridized carbons (Fsp3) is 0.417. The first-order valence-corrected chi connectivity index (χ1v) is 11.8. The predicted octanol–water partition coefficient (Wildman–Crippen LogP) is 1.92. The van der Waals surface area contributed by atoms with Crippen molar-refractivity contribution in [1.29, 1.82) is 0 Å². The van der Waals surface area contributed by atoms with E-state index in [2.05, 4.69) is 52.6 Å². The molecule has 3 aliphatic rings. The van der Waals surface area contributed by atoms with Gasteiger partial charge in [0.05, 0.1) is 37.5 Å². The van der Waals surface area contributed by atoms with E-state index in [9.17, 15) is 5.11 Å². The maximum Gasteiger partial charge on any atom is 0.231 e. The van der Waals surface area contributed by atoms with Crippen LogP contribution in [0, 0.1) is 0 Å². The molecule has 6 nitrogen and oxygen atoms in total. The molecule has 2 aromatic rings. The summed E-state index contributed by atoms with van der Waals surface area (Å²) in [5.41, 5.74) is 2.98. The van der Waals surface area contributed by atoms with Crippen molar-refractivity contribution in [2.75, 3.05) is 19.9 Å². The zero-order valence-electron chi connectivity index (χ0n) is 18.0. The molecule has 164 valence electrons. The van der Waals surface area contributed by atoms with Crippen LogP contribution in [0.15, 0.2) is 46.9 Å². The van der Waals surface area contributed by atoms with Crippen LogP contribution in [0.1, 0.15) is 43.9 Å². The molecule has 5 N–H and O–H groups in total. The van der Waals surface area contributed by atoms with E-state index in [-0.39, 0.29) is 18.5 Å². The third-order valence-electron chi connectivity index (χ3n) is 6.86. The number of quaternary nitrogens is 2. The molecule has 1 saturated heterocycles. The number of phenols is 1. The molecule has 2 aromatic carbocycles. The molecule has 1 atom stereocenters. The molecule has 31 heavy (non-hydrogen) atoms. The van der Waals surface area contributed by atoms with Crippen molar-refractivity contribution < 1.29 is 24.8 Å². The van der Waals surface area contributed by atoms with Crippen LogP contribution >= 0.6 is 15.9 Å². The standard InChI is InChI=1S/C24H28BrN3O3/c1-15(2)28-9-7-24(8-10-28)26-19(16-3-6-22-23(11-16)31-14-30-22)13-20(27-24)18-12-17(25)4-5-21(18)29/h3-6,11-13,15,20,26-27,29H,7-10,14H2,1-2H3/p+2. The first kappa shape index (κ1) is 20.7. The molecule has 0 aliphatic carbocycles. The van der Waals surface area contributed by atoms with Crippen molar-refractivity contribution in [2.45, 2.75) is 44.4 Å². The van der Waals surface area contributed by atoms with Gasteiger partial charge in [-0.05, 0) is 50.2 Å². The molecule has 1 fully saturated rings. The number of benzene rings is 2. The van der Waals surface area contributed by atoms with Gasteiger partial charge in [-0.3, -0.25) is 0 Å². The Morgan fingerprint density at radius 2 is 1.90 bits per heavy atom. The minimum absolute atomic E-state index is 0.0137. The highest BCUT2D eigenvalue weighted by Crippen LogP contribution is 2.36. The highest BCUT2D eigenvalue weighted by atomic mass is 79.9. The Bertz CT molecular complexity index is 1020. The number of ether oxygens (including phenoxy) is 2. The Balaban J connectivity index is 1.52. The van der Waals surface area contributed by atoms with Gasteiger partial charge in [-0.2, -0.15) is 0 Å². The van der Waals surface area contributed by atoms with Crippen molar-refractivity contribution >= 4 is 21.6 Å². The van der Waals surface area contributed by atoms with Crippen LogP contribution in [0.2, 0.25) is 0 Å². The summed E-state index contributed by atoms with van der Waals surface area (Å²) in [7, 11) is 0. The molecule has 0 radical (unpaired) electrons. The summed E-state index contributed by atoms with van der Waals surface area (Å²) in [4.78, 5) is 1.65. The van der Waals surface area contributed by atoms with Gasteiger partial charge >= 0.3 is 0 Å². The van der Waals surface area contributed by atoms with E-state index >= 15 is 0 Å². The van der Waals surface area contributed by atoms with Crippen LogP contribution < -0.4 is 25.0 Å². The van der Waals surface area contributed by atoms with Crippen LogP contribution in [0.3, 0.4) is 0 Å². The summed E-state index contributed by atoms with van der Waals surface area (Å²) in [6, 6.07) is 12.4. The lowest BCUT2D eigenvalue weighted by atomic mass is 9.88. The van der Waals surface area contributed by atoms with Gasteiger partial charge in [0.2, 0.25) is 6.79 Å². The van der Waals surface area contributed by atoms with Crippen LogP contribution in [0.25, 0.3) is 5.70 Å². The van der Waals surface area contributed by atoms with Crippen LogP contribution in [-0.2, 0) is 0 Å². The Kier molecular flexibility index (Phi) is 5.36. The number of nitrogens with two attached hydrogens (primary N) is 1. The minimum atomic E-state index is -0.0989. The average Bonchev–Trinajstić information content (AvgIpc) is 3.23. The number of fused-ring (bicyclic) bond motifs is 1. The second kappa shape index (κ2) is 8.04. The number of halogens is 1. The molecule has 1 spiro atoms. The topological polar surface area (TPSA) is 71.8 Å². The van der Waals surface area contributed by atoms with E-state index < -0.39 is 0 Å². The van der Waals surface area contributed by atoms with E-state index in [1.54, 1.807) is 11.0 Å². The Labute approximate surface area is 191 Å². The van der Waals surface area contributed by atoms with Crippen molar-refractivity contribution in [3.8, 4) is 17.2 Å². The molecule has 5 rings (SSSR count). The van der Waals surface area contributed by atoms with Gasteiger partial charge < -0.3 is 30.1 Å². The molecule has 0 aromatic heterocycles. The molecule has 0 saturated carbocycles. The smallest absolute Gasteiger partial charge is 0.231 e. The number of aromatic hydroxyl groups is 1. The summed E-state index contributed by atoms with van der Waals surface area (Å²) < 4.78 is 12.1. The lowest BCUT2D eigenvalue weighted by Crippen LogP contribution is -3.19. The van der Waals surface area contributed by atoms with E-state index in [0.717, 1.165) is 58.7 Å². The highest BCUT2D eigenvalue weighted by molar-refractivity contribution is 9.10. The molecule has 1 unspecified atom stereocenters. The molecule has 0 amide bonds. The fourth-order valence-corrected chi connectivity index (χ4v) is 5.39. The number of hydrogen-bond acceptors (Lipinski definition) is 4. The highest BCUT2D eigenvalue weighted by Gasteiger charge is 2.45. The van der Waals surface area contributed by atoms with Crippen molar-refractivity contribution in [3.63, 3.8) is 0 Å². The summed E-state index contributed by atoms with van der Waals surface area (Å²) >= 11 is 3.57. The van der Waals surface area contributed by atoms with E-state index in [0.29, 0.717) is 11.8 Å². The Morgan fingerprint density at radius 3 is 2.68 bits per heavy atom. The minimum Gasteiger partial charge on any atom is -0.507 e. The van der Waals surface area contributed by atoms with E-state index in [1.807, 2.05) is 24.3 Å². The summed E-state index contributed by atoms with van der Waals surface area (Å²) in [6.07, 6.45) is 4.34. The molecule has 3 heterocycles. The second-order valence-electron chi connectivity index (χ2n) is 9.14. The number of rotatable bonds is 3. The molecule has 0 bridgehead atoms. The normalized spacial score (nSPS) is 27.3.